The fourth-order valence-corrected chi connectivity index (χ4v) is 5.47. The van der Waals surface area contributed by atoms with Crippen molar-refractivity contribution in [1.82, 2.24) is 14.5 Å². The lowest BCUT2D eigenvalue weighted by molar-refractivity contribution is 0.0600. The van der Waals surface area contributed by atoms with Gasteiger partial charge < -0.3 is 13.9 Å². The molecular formula is C27H32FN3O4SSi. The number of ether oxygens (including phenoxy) is 2. The molecule has 0 aliphatic carbocycles. The van der Waals surface area contributed by atoms with Gasteiger partial charge in [0.05, 0.1) is 36.6 Å². The van der Waals surface area contributed by atoms with E-state index in [9.17, 15) is 9.18 Å². The summed E-state index contributed by atoms with van der Waals surface area (Å²) < 4.78 is 33.5. The molecule has 3 aromatic heterocycles. The van der Waals surface area contributed by atoms with Crippen molar-refractivity contribution >= 4 is 36.7 Å². The van der Waals surface area contributed by atoms with E-state index in [1.165, 1.54) is 24.5 Å². The summed E-state index contributed by atoms with van der Waals surface area (Å²) in [6, 6.07) is 10.1. The molecule has 0 saturated heterocycles. The summed E-state index contributed by atoms with van der Waals surface area (Å²) in [6.07, 6.45) is 2.82. The van der Waals surface area contributed by atoms with Gasteiger partial charge in [-0.3, -0.25) is 9.55 Å². The second-order valence-electron chi connectivity index (χ2n) is 10.4. The van der Waals surface area contributed by atoms with Crippen LogP contribution < -0.4 is 4.74 Å². The molecule has 0 amide bonds. The van der Waals surface area contributed by atoms with E-state index in [4.69, 9.17) is 13.9 Å². The second kappa shape index (κ2) is 10.4. The molecule has 7 nitrogen and oxygen atoms in total. The van der Waals surface area contributed by atoms with E-state index in [-0.39, 0.29) is 15.7 Å². The zero-order valence-electron chi connectivity index (χ0n) is 22.2. The highest BCUT2D eigenvalue weighted by Gasteiger charge is 2.37. The third-order valence-electron chi connectivity index (χ3n) is 6.82. The number of hydrogen-bond acceptors (Lipinski definition) is 7. The first-order valence-electron chi connectivity index (χ1n) is 12.0. The van der Waals surface area contributed by atoms with E-state index in [1.54, 1.807) is 43.7 Å². The van der Waals surface area contributed by atoms with Gasteiger partial charge in [-0.15, -0.1) is 11.3 Å². The van der Waals surface area contributed by atoms with Crippen LogP contribution in [0.2, 0.25) is 18.1 Å². The van der Waals surface area contributed by atoms with E-state index < -0.39 is 20.4 Å². The molecule has 4 rings (SSSR count). The highest BCUT2D eigenvalue weighted by molar-refractivity contribution is 7.16. The number of imidazole rings is 1. The van der Waals surface area contributed by atoms with Crippen molar-refractivity contribution in [2.45, 2.75) is 58.5 Å². The fourth-order valence-electron chi connectivity index (χ4n) is 3.54. The van der Waals surface area contributed by atoms with Crippen molar-refractivity contribution in [2.75, 3.05) is 7.11 Å². The lowest BCUT2D eigenvalue weighted by atomic mass is 10.1. The van der Waals surface area contributed by atoms with Crippen molar-refractivity contribution < 1.29 is 23.1 Å². The smallest absolute Gasteiger partial charge is 0.351 e. The third-order valence-corrected chi connectivity index (χ3v) is 12.4. The maximum atomic E-state index is 14.3. The van der Waals surface area contributed by atoms with Crippen LogP contribution in [0.5, 0.6) is 5.75 Å². The molecule has 0 aliphatic rings. The Morgan fingerprint density at radius 2 is 1.92 bits per heavy atom. The SMILES string of the molecule is COC(=O)c1sc(-n2cnc3cc(CO[Si](C)(C)C(C)(C)C)ncc32)cc1OC(C)c1ccccc1F. The molecular weight excluding hydrogens is 509 g/mol. The first kappa shape index (κ1) is 27.0. The number of carbonyl (C=O) groups excluding carboxylic acids is 1. The lowest BCUT2D eigenvalue weighted by Crippen LogP contribution is -2.40. The maximum Gasteiger partial charge on any atom is 0.351 e. The molecule has 0 saturated carbocycles. The number of carbonyl (C=O) groups is 1. The molecule has 3 heterocycles. The molecule has 1 aromatic carbocycles. The minimum Gasteiger partial charge on any atom is -0.484 e. The zero-order chi connectivity index (χ0) is 27.0. The van der Waals surface area contributed by atoms with Gasteiger partial charge in [0.15, 0.2) is 13.2 Å². The van der Waals surface area contributed by atoms with Gasteiger partial charge in [-0.05, 0) is 37.2 Å². The van der Waals surface area contributed by atoms with Gasteiger partial charge in [-0.2, -0.15) is 0 Å². The summed E-state index contributed by atoms with van der Waals surface area (Å²) in [5.74, 6) is -0.582. The summed E-state index contributed by atoms with van der Waals surface area (Å²) in [5.41, 5.74) is 2.75. The fraction of sp³-hybridized carbons (Fsp3) is 0.370. The number of esters is 1. The number of hydrogen-bond donors (Lipinski definition) is 0. The first-order valence-corrected chi connectivity index (χ1v) is 15.7. The van der Waals surface area contributed by atoms with Crippen molar-refractivity contribution in [3.05, 3.63) is 70.9 Å². The third kappa shape index (κ3) is 5.61. The maximum absolute atomic E-state index is 14.3. The van der Waals surface area contributed by atoms with Gasteiger partial charge in [-0.25, -0.2) is 14.2 Å². The number of nitrogens with zero attached hydrogens (tertiary/aromatic N) is 3. The predicted octanol–water partition coefficient (Wildman–Crippen LogP) is 7.07. The Kier molecular flexibility index (Phi) is 7.54. The minimum absolute atomic E-state index is 0.110. The average Bonchev–Trinajstić information content (AvgIpc) is 3.45. The summed E-state index contributed by atoms with van der Waals surface area (Å²) in [6.45, 7) is 13.2. The number of pyridine rings is 1. The largest absolute Gasteiger partial charge is 0.484 e. The highest BCUT2D eigenvalue weighted by Crippen LogP contribution is 2.38. The number of aromatic nitrogens is 3. The molecule has 0 spiro atoms. The average molecular weight is 542 g/mol. The lowest BCUT2D eigenvalue weighted by Gasteiger charge is -2.36. The van der Waals surface area contributed by atoms with Crippen LogP contribution in [-0.2, 0) is 15.8 Å². The Labute approximate surface area is 221 Å². The Bertz CT molecular complexity index is 1430. The van der Waals surface area contributed by atoms with Crippen LogP contribution in [0.1, 0.15) is 54.7 Å². The minimum atomic E-state index is -1.91. The molecule has 196 valence electrons. The normalized spacial score (nSPS) is 13.1. The Morgan fingerprint density at radius 1 is 1.19 bits per heavy atom. The molecule has 0 N–H and O–H groups in total. The van der Waals surface area contributed by atoms with Gasteiger partial charge >= 0.3 is 5.97 Å². The number of rotatable bonds is 8. The van der Waals surface area contributed by atoms with Crippen LogP contribution >= 0.6 is 11.3 Å². The number of fused-ring (bicyclic) bond motifs is 1. The number of methoxy groups -OCH3 is 1. The summed E-state index contributed by atoms with van der Waals surface area (Å²) in [7, 11) is -0.592. The van der Waals surface area contributed by atoms with Crippen LogP contribution in [0.4, 0.5) is 4.39 Å². The van der Waals surface area contributed by atoms with Crippen LogP contribution in [0.25, 0.3) is 16.0 Å². The number of halogens is 1. The molecule has 10 heteroatoms. The van der Waals surface area contributed by atoms with E-state index in [2.05, 4.69) is 43.8 Å². The van der Waals surface area contributed by atoms with Crippen LogP contribution in [0, 0.1) is 5.82 Å². The van der Waals surface area contributed by atoms with E-state index >= 15 is 0 Å². The topological polar surface area (TPSA) is 75.5 Å². The quantitative estimate of drug-likeness (QED) is 0.175. The van der Waals surface area contributed by atoms with Crippen molar-refractivity contribution in [3.8, 4) is 10.8 Å². The van der Waals surface area contributed by atoms with E-state index in [0.717, 1.165) is 16.7 Å². The van der Waals surface area contributed by atoms with E-state index in [0.29, 0.717) is 22.9 Å². The summed E-state index contributed by atoms with van der Waals surface area (Å²) in [5, 5.41) is 0.810. The van der Waals surface area contributed by atoms with Crippen LogP contribution in [-0.4, -0.2) is 35.9 Å². The van der Waals surface area contributed by atoms with Crippen LogP contribution in [0.15, 0.2) is 48.9 Å². The van der Waals surface area contributed by atoms with Gasteiger partial charge in [-0.1, -0.05) is 39.0 Å². The zero-order valence-corrected chi connectivity index (χ0v) is 24.0. The molecule has 0 radical (unpaired) electrons. The first-order chi connectivity index (χ1) is 17.4. The summed E-state index contributed by atoms with van der Waals surface area (Å²) in [4.78, 5) is 22.0. The van der Waals surface area contributed by atoms with Crippen molar-refractivity contribution in [1.29, 1.82) is 0 Å². The van der Waals surface area contributed by atoms with Gasteiger partial charge in [0.1, 0.15) is 29.0 Å². The number of benzene rings is 1. The van der Waals surface area contributed by atoms with Gasteiger partial charge in [0.25, 0.3) is 0 Å². The molecule has 37 heavy (non-hydrogen) atoms. The molecule has 4 aromatic rings. The molecule has 0 bridgehead atoms. The summed E-state index contributed by atoms with van der Waals surface area (Å²) >= 11 is 1.21. The Balaban J connectivity index is 1.62. The second-order valence-corrected chi connectivity index (χ2v) is 16.2. The van der Waals surface area contributed by atoms with Crippen molar-refractivity contribution in [2.24, 2.45) is 0 Å². The van der Waals surface area contributed by atoms with E-state index in [1.807, 2.05) is 10.6 Å². The highest BCUT2D eigenvalue weighted by atomic mass is 32.1. The molecule has 1 unspecified atom stereocenters. The standard InChI is InChI=1S/C27H32FN3O4SSi/c1-17(19-10-8-9-11-20(19)28)35-23-13-24(36-25(23)26(32)33-5)31-16-30-21-12-18(29-14-22(21)31)15-34-37(6,7)27(2,3)4/h8-14,16-17H,15H2,1-7H3. The van der Waals surface area contributed by atoms with Gasteiger partial charge in [0, 0.05) is 11.6 Å². The predicted molar refractivity (Wildman–Crippen MR) is 146 cm³/mol. The molecule has 0 aliphatic heterocycles. The monoisotopic (exact) mass is 541 g/mol. The number of thiophene rings is 1. The Hall–Kier alpha value is -3.08. The Morgan fingerprint density at radius 3 is 2.59 bits per heavy atom. The van der Waals surface area contributed by atoms with Crippen molar-refractivity contribution in [3.63, 3.8) is 0 Å². The van der Waals surface area contributed by atoms with Gasteiger partial charge in [0.2, 0.25) is 0 Å². The molecule has 0 fully saturated rings. The molecule has 1 atom stereocenters. The van der Waals surface area contributed by atoms with Crippen LogP contribution in [0.3, 0.4) is 0 Å².